The molecule has 0 radical (unpaired) electrons. The van der Waals surface area contributed by atoms with Crippen LogP contribution in [-0.4, -0.2) is 29.7 Å². The van der Waals surface area contributed by atoms with E-state index in [4.69, 9.17) is 5.73 Å². The second kappa shape index (κ2) is 10.2. The molecule has 3 N–H and O–H groups in total. The average Bonchev–Trinajstić information content (AvgIpc) is 2.41. The Bertz CT molecular complexity index is 335. The van der Waals surface area contributed by atoms with Gasteiger partial charge in [-0.05, 0) is 42.3 Å². The van der Waals surface area contributed by atoms with E-state index in [1.54, 1.807) is 27.8 Å². The highest BCUT2D eigenvalue weighted by atomic mass is 33.1. The van der Waals surface area contributed by atoms with Crippen molar-refractivity contribution in [1.82, 2.24) is 10.3 Å². The molecule has 1 rings (SSSR count). The smallest absolute Gasteiger partial charge is 0.220 e. The Balaban J connectivity index is 1.99. The van der Waals surface area contributed by atoms with Crippen LogP contribution in [0.1, 0.15) is 19.3 Å². The number of aromatic nitrogens is 1. The molecule has 100 valence electrons. The minimum Gasteiger partial charge on any atom is -0.356 e. The zero-order valence-electron chi connectivity index (χ0n) is 10.3. The maximum absolute atomic E-state index is 11.4. The Labute approximate surface area is 116 Å². The van der Waals surface area contributed by atoms with E-state index in [1.807, 2.05) is 18.2 Å². The predicted octanol–water partition coefficient (Wildman–Crippen LogP) is 2.07. The summed E-state index contributed by atoms with van der Waals surface area (Å²) < 4.78 is 0. The normalized spacial score (nSPS) is 10.3. The minimum atomic E-state index is 0.112. The van der Waals surface area contributed by atoms with Gasteiger partial charge in [-0.2, -0.15) is 0 Å². The fourth-order valence-electron chi connectivity index (χ4n) is 1.22. The molecule has 4 nitrogen and oxygen atoms in total. The molecule has 1 amide bonds. The zero-order valence-corrected chi connectivity index (χ0v) is 11.9. The molecule has 0 unspecified atom stereocenters. The van der Waals surface area contributed by atoms with Crippen LogP contribution in [0.25, 0.3) is 0 Å². The zero-order chi connectivity index (χ0) is 13.1. The monoisotopic (exact) mass is 285 g/mol. The van der Waals surface area contributed by atoms with Crippen LogP contribution < -0.4 is 11.1 Å². The first-order valence-electron chi connectivity index (χ1n) is 6.00. The molecule has 0 aliphatic carbocycles. The van der Waals surface area contributed by atoms with Crippen molar-refractivity contribution in [2.24, 2.45) is 5.73 Å². The van der Waals surface area contributed by atoms with E-state index in [9.17, 15) is 4.79 Å². The van der Waals surface area contributed by atoms with E-state index in [1.165, 1.54) is 0 Å². The van der Waals surface area contributed by atoms with Gasteiger partial charge in [0.25, 0.3) is 0 Å². The summed E-state index contributed by atoms with van der Waals surface area (Å²) in [5.41, 5.74) is 5.37. The number of nitrogens with two attached hydrogens (primary N) is 1. The average molecular weight is 285 g/mol. The van der Waals surface area contributed by atoms with Gasteiger partial charge in [0, 0.05) is 24.9 Å². The summed E-state index contributed by atoms with van der Waals surface area (Å²) >= 11 is 0. The third kappa shape index (κ3) is 7.58. The number of amides is 1. The number of unbranched alkanes of at least 4 members (excludes halogenated alkanes) is 1. The van der Waals surface area contributed by atoms with Gasteiger partial charge in [-0.15, -0.1) is 0 Å². The van der Waals surface area contributed by atoms with Crippen LogP contribution in [0, 0.1) is 0 Å². The topological polar surface area (TPSA) is 68.0 Å². The van der Waals surface area contributed by atoms with Crippen LogP contribution in [0.2, 0.25) is 0 Å². The molecule has 0 fully saturated rings. The number of hydrogen-bond acceptors (Lipinski definition) is 5. The SMILES string of the molecule is NCCCCNC(=O)CCSSc1ccccn1. The first-order chi connectivity index (χ1) is 8.83. The van der Waals surface area contributed by atoms with Gasteiger partial charge in [-0.1, -0.05) is 16.9 Å². The van der Waals surface area contributed by atoms with Gasteiger partial charge in [0.2, 0.25) is 5.91 Å². The fourth-order valence-corrected chi connectivity index (χ4v) is 3.09. The summed E-state index contributed by atoms with van der Waals surface area (Å²) in [6.07, 6.45) is 4.24. The summed E-state index contributed by atoms with van der Waals surface area (Å²) in [7, 11) is 3.26. The summed E-state index contributed by atoms with van der Waals surface area (Å²) in [5.74, 6) is 0.908. The molecule has 0 aromatic carbocycles. The molecule has 0 aliphatic rings. The van der Waals surface area contributed by atoms with Crippen LogP contribution in [0.15, 0.2) is 29.4 Å². The Morgan fingerprint density at radius 2 is 2.28 bits per heavy atom. The van der Waals surface area contributed by atoms with Crippen LogP contribution in [0.4, 0.5) is 0 Å². The number of rotatable bonds is 9. The Hall–Kier alpha value is -0.720. The van der Waals surface area contributed by atoms with Gasteiger partial charge in [-0.25, -0.2) is 4.98 Å². The van der Waals surface area contributed by atoms with Gasteiger partial charge in [0.15, 0.2) is 0 Å². The lowest BCUT2D eigenvalue weighted by Gasteiger charge is -2.04. The third-order valence-corrected chi connectivity index (χ3v) is 4.41. The second-order valence-electron chi connectivity index (χ2n) is 3.67. The third-order valence-electron chi connectivity index (χ3n) is 2.15. The first kappa shape index (κ1) is 15.3. The Morgan fingerprint density at radius 3 is 3.00 bits per heavy atom. The van der Waals surface area contributed by atoms with Crippen molar-refractivity contribution < 1.29 is 4.79 Å². The number of carbonyl (C=O) groups excluding carboxylic acids is 1. The quantitative estimate of drug-likeness (QED) is 0.537. The van der Waals surface area contributed by atoms with Crippen molar-refractivity contribution in [3.8, 4) is 0 Å². The summed E-state index contributed by atoms with van der Waals surface area (Å²) in [6.45, 7) is 1.42. The van der Waals surface area contributed by atoms with Crippen molar-refractivity contribution in [2.45, 2.75) is 24.3 Å². The van der Waals surface area contributed by atoms with Crippen LogP contribution in [0.3, 0.4) is 0 Å². The largest absolute Gasteiger partial charge is 0.356 e. The summed E-state index contributed by atoms with van der Waals surface area (Å²) in [4.78, 5) is 15.6. The number of nitrogens with zero attached hydrogens (tertiary/aromatic N) is 1. The molecule has 0 atom stereocenters. The van der Waals surface area contributed by atoms with Gasteiger partial charge >= 0.3 is 0 Å². The molecular weight excluding hydrogens is 266 g/mol. The van der Waals surface area contributed by atoms with E-state index in [-0.39, 0.29) is 5.91 Å². The maximum Gasteiger partial charge on any atom is 0.220 e. The number of pyridine rings is 1. The number of carbonyl (C=O) groups is 1. The summed E-state index contributed by atoms with van der Waals surface area (Å²) in [5, 5.41) is 3.86. The molecule has 0 saturated heterocycles. The highest BCUT2D eigenvalue weighted by molar-refractivity contribution is 8.76. The van der Waals surface area contributed by atoms with E-state index in [0.717, 1.165) is 30.2 Å². The molecule has 1 aromatic heterocycles. The van der Waals surface area contributed by atoms with E-state index in [0.29, 0.717) is 13.0 Å². The van der Waals surface area contributed by atoms with Crippen molar-refractivity contribution in [1.29, 1.82) is 0 Å². The second-order valence-corrected chi connectivity index (χ2v) is 6.11. The molecule has 1 aromatic rings. The molecular formula is C12H19N3OS2. The lowest BCUT2D eigenvalue weighted by molar-refractivity contribution is -0.120. The Morgan fingerprint density at radius 1 is 1.39 bits per heavy atom. The highest BCUT2D eigenvalue weighted by Crippen LogP contribution is 2.29. The molecule has 0 saturated carbocycles. The van der Waals surface area contributed by atoms with Crippen molar-refractivity contribution in [3.63, 3.8) is 0 Å². The van der Waals surface area contributed by atoms with Gasteiger partial charge in [0.1, 0.15) is 5.03 Å². The van der Waals surface area contributed by atoms with Crippen LogP contribution in [-0.2, 0) is 4.79 Å². The highest BCUT2D eigenvalue weighted by Gasteiger charge is 2.01. The van der Waals surface area contributed by atoms with E-state index in [2.05, 4.69) is 10.3 Å². The molecule has 0 spiro atoms. The Kier molecular flexibility index (Phi) is 8.71. The van der Waals surface area contributed by atoms with Gasteiger partial charge in [0.05, 0.1) is 0 Å². The standard InChI is InChI=1S/C12H19N3OS2/c13-7-2-4-8-14-11(16)6-10-17-18-12-5-1-3-9-15-12/h1,3,5,9H,2,4,6-8,10,13H2,(H,14,16). The summed E-state index contributed by atoms with van der Waals surface area (Å²) in [6, 6.07) is 5.81. The molecule has 1 heterocycles. The van der Waals surface area contributed by atoms with Gasteiger partial charge in [-0.3, -0.25) is 4.79 Å². The molecule has 0 bridgehead atoms. The number of nitrogens with one attached hydrogen (secondary N) is 1. The van der Waals surface area contributed by atoms with Crippen LogP contribution in [0.5, 0.6) is 0 Å². The molecule has 6 heteroatoms. The maximum atomic E-state index is 11.4. The fraction of sp³-hybridized carbons (Fsp3) is 0.500. The van der Waals surface area contributed by atoms with Crippen molar-refractivity contribution in [3.05, 3.63) is 24.4 Å². The lowest BCUT2D eigenvalue weighted by atomic mass is 10.3. The lowest BCUT2D eigenvalue weighted by Crippen LogP contribution is -2.24. The first-order valence-corrected chi connectivity index (χ1v) is 8.32. The van der Waals surface area contributed by atoms with Gasteiger partial charge < -0.3 is 11.1 Å². The molecule has 18 heavy (non-hydrogen) atoms. The van der Waals surface area contributed by atoms with Crippen molar-refractivity contribution >= 4 is 27.5 Å². The predicted molar refractivity (Wildman–Crippen MR) is 78.5 cm³/mol. The van der Waals surface area contributed by atoms with E-state index >= 15 is 0 Å². The van der Waals surface area contributed by atoms with Crippen LogP contribution >= 0.6 is 21.6 Å². The molecule has 0 aliphatic heterocycles. The number of hydrogen-bond donors (Lipinski definition) is 2. The minimum absolute atomic E-state index is 0.112. The van der Waals surface area contributed by atoms with Crippen molar-refractivity contribution in [2.75, 3.05) is 18.8 Å². The van der Waals surface area contributed by atoms with E-state index < -0.39 is 0 Å².